The van der Waals surface area contributed by atoms with Gasteiger partial charge in [-0.15, -0.1) is 63.5 Å². The molecule has 0 atom stereocenters. The predicted octanol–water partition coefficient (Wildman–Crippen LogP) is 12.6. The Balaban J connectivity index is 0.000000147. The minimum absolute atomic E-state index is 0.203. The van der Waals surface area contributed by atoms with Gasteiger partial charge in [0.1, 0.15) is 0 Å². The molecular weight excluding hydrogens is 743 g/mol. The molecule has 0 radical (unpaired) electrons. The average Bonchev–Trinajstić information content (AvgIpc) is 3.73. The Morgan fingerprint density at radius 3 is 1.46 bits per heavy atom. The van der Waals surface area contributed by atoms with Gasteiger partial charge in [-0.3, -0.25) is 0 Å². The Morgan fingerprint density at radius 1 is 0.604 bits per heavy atom. The molecule has 0 nitrogen and oxygen atoms in total. The second-order valence-corrected chi connectivity index (χ2v) is 16.7. The van der Waals surface area contributed by atoms with Gasteiger partial charge in [0.25, 0.3) is 0 Å². The fourth-order valence-corrected chi connectivity index (χ4v) is 7.26. The molecule has 0 amide bonds. The number of hydrogen-bond donors (Lipinski definition) is 0. The molecular formula is C47H48Hf. The van der Waals surface area contributed by atoms with Crippen molar-refractivity contribution in [3.8, 4) is 0 Å². The van der Waals surface area contributed by atoms with Crippen molar-refractivity contribution in [2.75, 3.05) is 0 Å². The molecule has 0 aromatic heterocycles. The van der Waals surface area contributed by atoms with Gasteiger partial charge in [0.2, 0.25) is 0 Å². The third-order valence-corrected chi connectivity index (χ3v) is 10.9. The van der Waals surface area contributed by atoms with E-state index in [1.54, 1.807) is 0 Å². The first-order valence-electron chi connectivity index (χ1n) is 17.0. The van der Waals surface area contributed by atoms with E-state index in [4.69, 9.17) is 0 Å². The Hall–Kier alpha value is -3.81. The van der Waals surface area contributed by atoms with Crippen molar-refractivity contribution in [1.29, 1.82) is 0 Å². The van der Waals surface area contributed by atoms with Crippen LogP contribution in [0, 0.1) is 19.9 Å². The molecule has 0 aliphatic heterocycles. The first-order valence-corrected chi connectivity index (χ1v) is 18.8. The van der Waals surface area contributed by atoms with Crippen LogP contribution in [0.15, 0.2) is 133 Å². The molecule has 0 N–H and O–H groups in total. The molecule has 1 aliphatic rings. The third kappa shape index (κ3) is 9.00. The average molecular weight is 791 g/mol. The van der Waals surface area contributed by atoms with Gasteiger partial charge in [0.05, 0.1) is 0 Å². The molecule has 0 bridgehead atoms. The van der Waals surface area contributed by atoms with Crippen LogP contribution in [0.2, 0.25) is 0 Å². The SMILES string of the molecule is CC(C)(C)c1ccc2c(c1)[cH-]c1cc(C(C)(C)C)ccc12.Cc1cc(C)cc(C2=[C-]CC=C2)c1.[Hf+2]=[C](c1ccccc1)c1ccccc1. The van der Waals surface area contributed by atoms with E-state index in [1.165, 1.54) is 69.3 Å². The summed E-state index contributed by atoms with van der Waals surface area (Å²) in [4.78, 5) is 0. The summed E-state index contributed by atoms with van der Waals surface area (Å²) in [5.74, 6) is 0. The monoisotopic (exact) mass is 792 g/mol. The third-order valence-electron chi connectivity index (χ3n) is 8.79. The summed E-state index contributed by atoms with van der Waals surface area (Å²) in [5.41, 5.74) is 11.1. The zero-order valence-corrected chi connectivity index (χ0v) is 33.5. The molecule has 0 saturated heterocycles. The Bertz CT molecular complexity index is 1940. The van der Waals surface area contributed by atoms with E-state index >= 15 is 0 Å². The quantitative estimate of drug-likeness (QED) is 0.124. The van der Waals surface area contributed by atoms with Crippen LogP contribution in [0.4, 0.5) is 0 Å². The summed E-state index contributed by atoms with van der Waals surface area (Å²) in [6.07, 6.45) is 8.59. The standard InChI is InChI=1S/C21H25.C13H13.C13H10.Hf/c1-20(2,3)16-7-9-18-14(12-16)11-15-13-17(21(4,5)6)8-10-19(15)18;1-10-7-11(2)9-13(8-10)12-5-3-4-6-12;1-3-7-12(8-4-1)11-13-9-5-2-6-10-13;/h7-13H,1-6H3;3,5,7-9H,4H2,1-2H3;1-10H;/q2*-1;;+2. The van der Waals surface area contributed by atoms with Crippen molar-refractivity contribution >= 4 is 30.4 Å². The molecule has 1 aliphatic carbocycles. The number of benzene rings is 5. The second-order valence-electron chi connectivity index (χ2n) is 14.9. The van der Waals surface area contributed by atoms with Crippen LogP contribution in [0.1, 0.15) is 86.9 Å². The van der Waals surface area contributed by atoms with Crippen molar-refractivity contribution in [3.63, 3.8) is 0 Å². The van der Waals surface area contributed by atoms with Crippen LogP contribution >= 0.6 is 0 Å². The van der Waals surface area contributed by atoms with E-state index in [1.807, 2.05) is 0 Å². The molecule has 1 heteroatoms. The van der Waals surface area contributed by atoms with E-state index in [0.717, 1.165) is 30.3 Å². The molecule has 0 heterocycles. The van der Waals surface area contributed by atoms with Crippen molar-refractivity contribution < 1.29 is 23.9 Å². The number of hydrogen-bond acceptors (Lipinski definition) is 0. The van der Waals surface area contributed by atoms with Gasteiger partial charge >= 0.3 is 98.9 Å². The van der Waals surface area contributed by atoms with Crippen LogP contribution < -0.4 is 0 Å². The molecule has 0 spiro atoms. The first kappa shape index (κ1) is 35.5. The van der Waals surface area contributed by atoms with Gasteiger partial charge < -0.3 is 0 Å². The van der Waals surface area contributed by atoms with E-state index in [9.17, 15) is 0 Å². The van der Waals surface area contributed by atoms with Gasteiger partial charge in [-0.05, 0) is 24.7 Å². The van der Waals surface area contributed by atoms with E-state index in [0.29, 0.717) is 0 Å². The normalized spacial score (nSPS) is 12.7. The van der Waals surface area contributed by atoms with Gasteiger partial charge in [0, 0.05) is 0 Å². The molecule has 0 saturated carbocycles. The fourth-order valence-electron chi connectivity index (χ4n) is 6.06. The summed E-state index contributed by atoms with van der Waals surface area (Å²) >= 11 is 1.08. The number of rotatable bonds is 3. The predicted molar refractivity (Wildman–Crippen MR) is 207 cm³/mol. The summed E-state index contributed by atoms with van der Waals surface area (Å²) < 4.78 is 1.46. The second kappa shape index (κ2) is 15.2. The molecule has 6 aromatic rings. The van der Waals surface area contributed by atoms with Crippen LogP contribution in [-0.2, 0) is 34.7 Å². The zero-order valence-electron chi connectivity index (χ0n) is 29.9. The Labute approximate surface area is 303 Å². The van der Waals surface area contributed by atoms with Crippen molar-refractivity contribution in [2.24, 2.45) is 0 Å². The number of allylic oxidation sites excluding steroid dienone is 4. The van der Waals surface area contributed by atoms with Crippen molar-refractivity contribution in [2.45, 2.75) is 72.6 Å². The van der Waals surface area contributed by atoms with Gasteiger partial charge in [-0.25, -0.2) is 0 Å². The van der Waals surface area contributed by atoms with Gasteiger partial charge in [0.15, 0.2) is 0 Å². The fraction of sp³-hybridized carbons (Fsp3) is 0.234. The molecule has 48 heavy (non-hydrogen) atoms. The summed E-state index contributed by atoms with van der Waals surface area (Å²) in [7, 11) is 0. The molecule has 0 unspecified atom stereocenters. The van der Waals surface area contributed by atoms with Crippen molar-refractivity contribution in [3.05, 3.63) is 178 Å². The van der Waals surface area contributed by atoms with Gasteiger partial charge in [-0.2, -0.15) is 17.7 Å². The zero-order chi connectivity index (χ0) is 34.5. The van der Waals surface area contributed by atoms with E-state index in [2.05, 4.69) is 195 Å². The first-order chi connectivity index (χ1) is 22.8. The summed E-state index contributed by atoms with van der Waals surface area (Å²) in [6, 6.07) is 44.0. The summed E-state index contributed by atoms with van der Waals surface area (Å²) in [6.45, 7) is 17.9. The topological polar surface area (TPSA) is 0 Å². The molecule has 7 rings (SSSR count). The van der Waals surface area contributed by atoms with Crippen LogP contribution in [0.3, 0.4) is 0 Å². The van der Waals surface area contributed by atoms with Gasteiger partial charge in [-0.1, -0.05) is 101 Å². The maximum atomic E-state index is 3.33. The van der Waals surface area contributed by atoms with E-state index < -0.39 is 0 Å². The molecule has 0 fully saturated rings. The number of aryl methyl sites for hydroxylation is 2. The van der Waals surface area contributed by atoms with Crippen molar-refractivity contribution in [1.82, 2.24) is 0 Å². The summed E-state index contributed by atoms with van der Waals surface area (Å²) in [5, 5.41) is 5.48. The molecule has 240 valence electrons. The Kier molecular flexibility index (Phi) is 11.2. The van der Waals surface area contributed by atoms with Crippen LogP contribution in [0.5, 0.6) is 0 Å². The maximum absolute atomic E-state index is 3.33. The van der Waals surface area contributed by atoms with E-state index in [-0.39, 0.29) is 10.8 Å². The Morgan fingerprint density at radius 2 is 1.06 bits per heavy atom. The number of fused-ring (bicyclic) bond motifs is 3. The van der Waals surface area contributed by atoms with Crippen LogP contribution in [0.25, 0.3) is 27.1 Å². The molecule has 6 aromatic carbocycles. The minimum atomic E-state index is 0.203. The van der Waals surface area contributed by atoms with Crippen LogP contribution in [-0.4, -0.2) is 3.26 Å².